The molecule has 1 heterocycles. The number of rotatable bonds is 6. The Balaban J connectivity index is 2.47. The van der Waals surface area contributed by atoms with Crippen LogP contribution in [-0.4, -0.2) is 27.1 Å². The molecule has 0 radical (unpaired) electrons. The summed E-state index contributed by atoms with van der Waals surface area (Å²) in [4.78, 5) is 36.8. The van der Waals surface area contributed by atoms with E-state index in [0.717, 1.165) is 33.5 Å². The van der Waals surface area contributed by atoms with Gasteiger partial charge in [0.2, 0.25) is 0 Å². The molecule has 0 amide bonds. The van der Waals surface area contributed by atoms with Crippen LogP contribution in [0.3, 0.4) is 0 Å². The van der Waals surface area contributed by atoms with Crippen molar-refractivity contribution >= 4 is 23.5 Å². The third-order valence-electron chi connectivity index (χ3n) is 4.32. The molecule has 0 saturated heterocycles. The van der Waals surface area contributed by atoms with Crippen LogP contribution in [0.25, 0.3) is 12.2 Å². The van der Waals surface area contributed by atoms with Crippen molar-refractivity contribution in [3.05, 3.63) is 66.5 Å². The molecule has 26 heavy (non-hydrogen) atoms. The summed E-state index contributed by atoms with van der Waals surface area (Å²) in [6.07, 6.45) is 3.07. The minimum atomic E-state index is -0.922. The van der Waals surface area contributed by atoms with Gasteiger partial charge in [-0.15, -0.1) is 0 Å². The van der Waals surface area contributed by atoms with E-state index in [9.17, 15) is 19.7 Å². The van der Waals surface area contributed by atoms with Gasteiger partial charge in [0, 0.05) is 32.9 Å². The summed E-state index contributed by atoms with van der Waals surface area (Å²) in [5, 5.41) is 11.3. The zero-order valence-corrected chi connectivity index (χ0v) is 15.3. The first-order valence-corrected chi connectivity index (χ1v) is 8.29. The highest BCUT2D eigenvalue weighted by Crippen LogP contribution is 2.18. The minimum Gasteiger partial charge on any atom is -0.372 e. The molecule has 0 aliphatic heterocycles. The molecule has 2 rings (SSSR count). The molecule has 1 aromatic heterocycles. The summed E-state index contributed by atoms with van der Waals surface area (Å²) < 4.78 is 1.83. The fourth-order valence-corrected chi connectivity index (χ4v) is 2.76. The van der Waals surface area contributed by atoms with E-state index in [4.69, 9.17) is 0 Å². The van der Waals surface area contributed by atoms with E-state index in [0.29, 0.717) is 0 Å². The lowest BCUT2D eigenvalue weighted by Crippen LogP contribution is -2.39. The zero-order chi connectivity index (χ0) is 19.4. The second-order valence-electron chi connectivity index (χ2n) is 5.79. The molecule has 0 N–H and O–H groups in total. The van der Waals surface area contributed by atoms with Crippen LogP contribution in [0.15, 0.2) is 33.9 Å². The Morgan fingerprint density at radius 1 is 1.04 bits per heavy atom. The van der Waals surface area contributed by atoms with Gasteiger partial charge in [0.1, 0.15) is 5.69 Å². The first kappa shape index (κ1) is 19.2. The molecule has 8 heteroatoms. The standard InChI is InChI=1S/C18H22N4O4/c1-5-21(6-2)14-10-7-13(8-11-14)9-12-15-16(22(25)26)17(23)20(4)18(24)19(15)3/h7-12H,5-6H2,1-4H3/b12-9+. The molecule has 8 nitrogen and oxygen atoms in total. The van der Waals surface area contributed by atoms with Crippen LogP contribution in [0.2, 0.25) is 0 Å². The van der Waals surface area contributed by atoms with Crippen molar-refractivity contribution in [1.82, 2.24) is 9.13 Å². The van der Waals surface area contributed by atoms with Gasteiger partial charge in [-0.1, -0.05) is 18.2 Å². The van der Waals surface area contributed by atoms with Gasteiger partial charge in [-0.2, -0.15) is 0 Å². The van der Waals surface area contributed by atoms with Gasteiger partial charge < -0.3 is 4.90 Å². The predicted octanol–water partition coefficient (Wildman–Crippen LogP) is 2.01. The lowest BCUT2D eigenvalue weighted by Gasteiger charge is -2.20. The summed E-state index contributed by atoms with van der Waals surface area (Å²) in [5.41, 5.74) is -0.296. The molecular weight excluding hydrogens is 336 g/mol. The molecule has 1 aromatic carbocycles. The molecule has 0 aliphatic carbocycles. The molecule has 0 atom stereocenters. The van der Waals surface area contributed by atoms with E-state index in [1.54, 1.807) is 6.08 Å². The maximum absolute atomic E-state index is 12.1. The Hall–Kier alpha value is -3.16. The summed E-state index contributed by atoms with van der Waals surface area (Å²) in [7, 11) is 2.62. The van der Waals surface area contributed by atoms with Crippen LogP contribution < -0.4 is 16.1 Å². The predicted molar refractivity (Wildman–Crippen MR) is 103 cm³/mol. The van der Waals surface area contributed by atoms with Crippen LogP contribution in [0.5, 0.6) is 0 Å². The molecule has 0 spiro atoms. The number of anilines is 1. The maximum Gasteiger partial charge on any atom is 0.357 e. The van der Waals surface area contributed by atoms with Crippen molar-refractivity contribution in [3.63, 3.8) is 0 Å². The number of hydrogen-bond acceptors (Lipinski definition) is 5. The Morgan fingerprint density at radius 3 is 2.12 bits per heavy atom. The molecule has 0 saturated carbocycles. The van der Waals surface area contributed by atoms with Crippen molar-refractivity contribution in [2.24, 2.45) is 14.1 Å². The molecule has 2 aromatic rings. The van der Waals surface area contributed by atoms with Crippen molar-refractivity contribution in [2.75, 3.05) is 18.0 Å². The smallest absolute Gasteiger partial charge is 0.357 e. The summed E-state index contributed by atoms with van der Waals surface area (Å²) in [6.45, 7) is 5.94. The van der Waals surface area contributed by atoms with E-state index >= 15 is 0 Å². The fourth-order valence-electron chi connectivity index (χ4n) is 2.76. The third-order valence-corrected chi connectivity index (χ3v) is 4.32. The fraction of sp³-hybridized carbons (Fsp3) is 0.333. The average molecular weight is 358 g/mol. The topological polar surface area (TPSA) is 90.4 Å². The van der Waals surface area contributed by atoms with E-state index in [-0.39, 0.29) is 5.69 Å². The zero-order valence-electron chi connectivity index (χ0n) is 15.3. The lowest BCUT2D eigenvalue weighted by molar-refractivity contribution is -0.387. The molecule has 0 bridgehead atoms. The van der Waals surface area contributed by atoms with Crippen molar-refractivity contribution < 1.29 is 4.92 Å². The quantitative estimate of drug-likeness (QED) is 0.582. The van der Waals surface area contributed by atoms with Crippen molar-refractivity contribution in [3.8, 4) is 0 Å². The molecule has 0 fully saturated rings. The Labute approximate surface area is 150 Å². The van der Waals surface area contributed by atoms with E-state index < -0.39 is 21.9 Å². The molecule has 0 aliphatic rings. The number of nitrogens with zero attached hydrogens (tertiary/aromatic N) is 4. The Morgan fingerprint density at radius 2 is 1.62 bits per heavy atom. The summed E-state index contributed by atoms with van der Waals surface area (Å²) >= 11 is 0. The summed E-state index contributed by atoms with van der Waals surface area (Å²) in [6, 6.07) is 7.69. The first-order valence-electron chi connectivity index (χ1n) is 8.29. The highest BCUT2D eigenvalue weighted by molar-refractivity contribution is 5.72. The van der Waals surface area contributed by atoms with Gasteiger partial charge in [0.25, 0.3) is 0 Å². The van der Waals surface area contributed by atoms with Gasteiger partial charge in [0.15, 0.2) is 0 Å². The highest BCUT2D eigenvalue weighted by Gasteiger charge is 2.23. The lowest BCUT2D eigenvalue weighted by atomic mass is 10.1. The van der Waals surface area contributed by atoms with E-state index in [1.165, 1.54) is 20.2 Å². The van der Waals surface area contributed by atoms with E-state index in [2.05, 4.69) is 18.7 Å². The van der Waals surface area contributed by atoms with Crippen LogP contribution in [0.1, 0.15) is 25.1 Å². The van der Waals surface area contributed by atoms with Crippen LogP contribution in [-0.2, 0) is 14.1 Å². The number of aromatic nitrogens is 2. The molecular formula is C18H22N4O4. The minimum absolute atomic E-state index is 0.0316. The second-order valence-corrected chi connectivity index (χ2v) is 5.79. The van der Waals surface area contributed by atoms with Gasteiger partial charge in [-0.3, -0.25) is 24.0 Å². The van der Waals surface area contributed by atoms with Gasteiger partial charge in [0.05, 0.1) is 4.92 Å². The normalized spacial score (nSPS) is 11.1. The molecule has 0 unspecified atom stereocenters. The monoisotopic (exact) mass is 358 g/mol. The Bertz CT molecular complexity index is 951. The SMILES string of the molecule is CCN(CC)c1ccc(/C=C/c2c([N+](=O)[O-])c(=O)n(C)c(=O)n2C)cc1. The Kier molecular flexibility index (Phi) is 5.76. The number of nitro groups is 1. The largest absolute Gasteiger partial charge is 0.372 e. The van der Waals surface area contributed by atoms with Crippen molar-refractivity contribution in [1.29, 1.82) is 0 Å². The maximum atomic E-state index is 12.1. The summed E-state index contributed by atoms with van der Waals surface area (Å²) in [5.74, 6) is 0. The highest BCUT2D eigenvalue weighted by atomic mass is 16.6. The second kappa shape index (κ2) is 7.81. The van der Waals surface area contributed by atoms with Crippen LogP contribution in [0, 0.1) is 10.1 Å². The van der Waals surface area contributed by atoms with Gasteiger partial charge in [-0.25, -0.2) is 4.79 Å². The molecule has 138 valence electrons. The van der Waals surface area contributed by atoms with Gasteiger partial charge in [-0.05, 0) is 37.6 Å². The van der Waals surface area contributed by atoms with Crippen LogP contribution >= 0.6 is 0 Å². The van der Waals surface area contributed by atoms with Crippen LogP contribution in [0.4, 0.5) is 11.4 Å². The number of benzene rings is 1. The number of hydrogen-bond donors (Lipinski definition) is 0. The average Bonchev–Trinajstić information content (AvgIpc) is 2.63. The van der Waals surface area contributed by atoms with Gasteiger partial charge >= 0.3 is 16.9 Å². The first-order chi connectivity index (χ1) is 12.3. The van der Waals surface area contributed by atoms with E-state index in [1.807, 2.05) is 24.3 Å². The van der Waals surface area contributed by atoms with Crippen molar-refractivity contribution in [2.45, 2.75) is 13.8 Å². The third kappa shape index (κ3) is 3.58.